The molecule has 208 valence electrons. The number of nitrogens with zero attached hydrogens (tertiary/aromatic N) is 2. The predicted octanol–water partition coefficient (Wildman–Crippen LogP) is 6.31. The van der Waals surface area contributed by atoms with Gasteiger partial charge in [0.1, 0.15) is 5.69 Å². The second kappa shape index (κ2) is 11.3. The standard InChI is InChI=1S/C31H32F3N5O/c1-19-9-12-26(20(2)13-19)29(36-18-21-10-11-21)23-6-4-7-24(15-23)37-30(40)27-16-28(31(32,33)34)38-39(27)25-8-3-5-22(14-25)17-35/h3-9,12-16,21,29,36H,10-11,17-18,35H2,1-2H3,(H,37,40). The fourth-order valence-corrected chi connectivity index (χ4v) is 4.85. The maximum atomic E-state index is 13.6. The number of amides is 1. The van der Waals surface area contributed by atoms with E-state index in [1.54, 1.807) is 30.3 Å². The van der Waals surface area contributed by atoms with E-state index in [0.717, 1.165) is 34.0 Å². The SMILES string of the molecule is Cc1ccc(C(NCC2CC2)c2cccc(NC(=O)c3cc(C(F)(F)F)nn3-c3cccc(CN)c3)c2)c(C)c1. The number of hydrogen-bond donors (Lipinski definition) is 3. The lowest BCUT2D eigenvalue weighted by molar-refractivity contribution is -0.141. The Morgan fingerprint density at radius 2 is 1.82 bits per heavy atom. The van der Waals surface area contributed by atoms with Gasteiger partial charge in [-0.1, -0.05) is 48.0 Å². The van der Waals surface area contributed by atoms with Gasteiger partial charge in [-0.05, 0) is 85.7 Å². The van der Waals surface area contributed by atoms with Crippen LogP contribution in [0.4, 0.5) is 18.9 Å². The average molecular weight is 548 g/mol. The molecule has 1 unspecified atom stereocenters. The molecule has 1 amide bonds. The van der Waals surface area contributed by atoms with Crippen LogP contribution in [0.15, 0.2) is 72.8 Å². The van der Waals surface area contributed by atoms with E-state index in [-0.39, 0.29) is 18.3 Å². The second-order valence-corrected chi connectivity index (χ2v) is 10.4. The Morgan fingerprint density at radius 1 is 1.05 bits per heavy atom. The molecule has 4 N–H and O–H groups in total. The zero-order valence-electron chi connectivity index (χ0n) is 22.4. The molecule has 0 aliphatic heterocycles. The molecule has 6 nitrogen and oxygen atoms in total. The molecule has 1 atom stereocenters. The fraction of sp³-hybridized carbons (Fsp3) is 0.290. The van der Waals surface area contributed by atoms with Crippen LogP contribution < -0.4 is 16.4 Å². The van der Waals surface area contributed by atoms with Crippen molar-refractivity contribution in [1.82, 2.24) is 15.1 Å². The molecule has 4 aromatic rings. The highest BCUT2D eigenvalue weighted by atomic mass is 19.4. The molecule has 0 spiro atoms. The molecule has 1 aliphatic rings. The summed E-state index contributed by atoms with van der Waals surface area (Å²) in [5.74, 6) is -0.0377. The van der Waals surface area contributed by atoms with Gasteiger partial charge in [-0.15, -0.1) is 0 Å². The summed E-state index contributed by atoms with van der Waals surface area (Å²) in [5, 5.41) is 10.2. The van der Waals surface area contributed by atoms with Crippen LogP contribution in [0.1, 0.15) is 62.9 Å². The summed E-state index contributed by atoms with van der Waals surface area (Å²) in [7, 11) is 0. The van der Waals surface area contributed by atoms with Crippen LogP contribution in [-0.4, -0.2) is 22.2 Å². The first kappa shape index (κ1) is 27.6. The third-order valence-corrected chi connectivity index (χ3v) is 7.14. The van der Waals surface area contributed by atoms with Crippen molar-refractivity contribution in [3.05, 3.63) is 112 Å². The smallest absolute Gasteiger partial charge is 0.326 e. The zero-order valence-corrected chi connectivity index (χ0v) is 22.4. The van der Waals surface area contributed by atoms with Crippen LogP contribution in [-0.2, 0) is 12.7 Å². The summed E-state index contributed by atoms with van der Waals surface area (Å²) in [6, 6.07) is 21.1. The molecule has 40 heavy (non-hydrogen) atoms. The first-order valence-corrected chi connectivity index (χ1v) is 13.3. The first-order chi connectivity index (χ1) is 19.1. The van der Waals surface area contributed by atoms with Gasteiger partial charge in [-0.25, -0.2) is 4.68 Å². The predicted molar refractivity (Wildman–Crippen MR) is 149 cm³/mol. The maximum absolute atomic E-state index is 13.6. The number of alkyl halides is 3. The monoisotopic (exact) mass is 547 g/mol. The van der Waals surface area contributed by atoms with Crippen molar-refractivity contribution >= 4 is 11.6 Å². The third kappa shape index (κ3) is 6.26. The number of benzene rings is 3. The number of aromatic nitrogens is 2. The van der Waals surface area contributed by atoms with Gasteiger partial charge in [0.15, 0.2) is 5.69 Å². The van der Waals surface area contributed by atoms with Gasteiger partial charge in [-0.2, -0.15) is 18.3 Å². The Bertz CT molecular complexity index is 1520. The molecule has 1 heterocycles. The van der Waals surface area contributed by atoms with Crippen molar-refractivity contribution in [2.24, 2.45) is 11.7 Å². The summed E-state index contributed by atoms with van der Waals surface area (Å²) >= 11 is 0. The number of nitrogens with one attached hydrogen (secondary N) is 2. The molecule has 9 heteroatoms. The minimum absolute atomic E-state index is 0.0978. The van der Waals surface area contributed by atoms with Gasteiger partial charge < -0.3 is 16.4 Å². The molecule has 0 saturated heterocycles. The number of hydrogen-bond acceptors (Lipinski definition) is 4. The molecular weight excluding hydrogens is 515 g/mol. The lowest BCUT2D eigenvalue weighted by atomic mass is 9.93. The lowest BCUT2D eigenvalue weighted by Gasteiger charge is -2.23. The van der Waals surface area contributed by atoms with Crippen molar-refractivity contribution in [1.29, 1.82) is 0 Å². The van der Waals surface area contributed by atoms with Crippen molar-refractivity contribution in [2.45, 2.75) is 45.5 Å². The Kier molecular flexibility index (Phi) is 7.78. The van der Waals surface area contributed by atoms with Crippen LogP contribution in [0, 0.1) is 19.8 Å². The lowest BCUT2D eigenvalue weighted by Crippen LogP contribution is -2.25. The number of anilines is 1. The number of nitrogens with two attached hydrogens (primary N) is 1. The molecular formula is C31H32F3N5O. The minimum atomic E-state index is -4.71. The quantitative estimate of drug-likeness (QED) is 0.229. The van der Waals surface area contributed by atoms with Crippen LogP contribution in [0.2, 0.25) is 0 Å². The maximum Gasteiger partial charge on any atom is 0.435 e. The molecule has 0 radical (unpaired) electrons. The van der Waals surface area contributed by atoms with Crippen molar-refractivity contribution in [2.75, 3.05) is 11.9 Å². The molecule has 5 rings (SSSR count). The van der Waals surface area contributed by atoms with E-state index in [9.17, 15) is 18.0 Å². The van der Waals surface area contributed by atoms with E-state index in [4.69, 9.17) is 5.73 Å². The van der Waals surface area contributed by atoms with Gasteiger partial charge in [0.2, 0.25) is 0 Å². The van der Waals surface area contributed by atoms with Crippen molar-refractivity contribution in [3.8, 4) is 5.69 Å². The average Bonchev–Trinajstić information content (AvgIpc) is 3.63. The zero-order chi connectivity index (χ0) is 28.4. The molecule has 1 aromatic heterocycles. The largest absolute Gasteiger partial charge is 0.435 e. The summed E-state index contributed by atoms with van der Waals surface area (Å²) in [6.07, 6.45) is -2.28. The summed E-state index contributed by atoms with van der Waals surface area (Å²) < 4.78 is 41.8. The summed E-state index contributed by atoms with van der Waals surface area (Å²) in [4.78, 5) is 13.4. The second-order valence-electron chi connectivity index (χ2n) is 10.4. The van der Waals surface area contributed by atoms with Crippen LogP contribution >= 0.6 is 0 Å². The topological polar surface area (TPSA) is 85.0 Å². The van der Waals surface area contributed by atoms with Crippen molar-refractivity contribution in [3.63, 3.8) is 0 Å². The third-order valence-electron chi connectivity index (χ3n) is 7.14. The van der Waals surface area contributed by atoms with Crippen LogP contribution in [0.5, 0.6) is 0 Å². The Morgan fingerprint density at radius 3 is 2.52 bits per heavy atom. The highest BCUT2D eigenvalue weighted by Gasteiger charge is 2.36. The van der Waals surface area contributed by atoms with Gasteiger partial charge in [0.05, 0.1) is 11.7 Å². The molecule has 1 saturated carbocycles. The van der Waals surface area contributed by atoms with E-state index in [2.05, 4.69) is 47.8 Å². The normalized spacial score (nSPS) is 14.2. The Balaban J connectivity index is 1.46. The number of carbonyl (C=O) groups is 1. The van der Waals surface area contributed by atoms with E-state index in [1.807, 2.05) is 18.2 Å². The van der Waals surface area contributed by atoms with Crippen molar-refractivity contribution < 1.29 is 18.0 Å². The number of aryl methyl sites for hydroxylation is 2. The summed E-state index contributed by atoms with van der Waals surface area (Å²) in [5.41, 5.74) is 10.3. The first-order valence-electron chi connectivity index (χ1n) is 13.3. The number of carbonyl (C=O) groups excluding carboxylic acids is 1. The van der Waals surface area contributed by atoms with E-state index in [1.165, 1.54) is 18.4 Å². The molecule has 0 bridgehead atoms. The van der Waals surface area contributed by atoms with Crippen LogP contribution in [0.25, 0.3) is 5.69 Å². The van der Waals surface area contributed by atoms with E-state index >= 15 is 0 Å². The van der Waals surface area contributed by atoms with Gasteiger partial charge in [0, 0.05) is 18.3 Å². The summed E-state index contributed by atoms with van der Waals surface area (Å²) in [6.45, 7) is 5.22. The number of halogens is 3. The molecule has 1 aliphatic carbocycles. The Hall–Kier alpha value is -3.95. The Labute approximate surface area is 231 Å². The number of rotatable bonds is 9. The van der Waals surface area contributed by atoms with Gasteiger partial charge >= 0.3 is 6.18 Å². The minimum Gasteiger partial charge on any atom is -0.326 e. The van der Waals surface area contributed by atoms with Gasteiger partial charge in [-0.3, -0.25) is 4.79 Å². The van der Waals surface area contributed by atoms with Crippen LogP contribution in [0.3, 0.4) is 0 Å². The van der Waals surface area contributed by atoms with E-state index in [0.29, 0.717) is 22.9 Å². The molecule has 1 fully saturated rings. The van der Waals surface area contributed by atoms with Gasteiger partial charge in [0.25, 0.3) is 5.91 Å². The molecule has 3 aromatic carbocycles. The fourth-order valence-electron chi connectivity index (χ4n) is 4.85. The van der Waals surface area contributed by atoms with E-state index < -0.39 is 17.8 Å². The highest BCUT2D eigenvalue weighted by molar-refractivity contribution is 6.03. The highest BCUT2D eigenvalue weighted by Crippen LogP contribution is 2.33.